The Bertz CT molecular complexity index is 1820. The van der Waals surface area contributed by atoms with E-state index in [1.54, 1.807) is 48.3 Å². The highest BCUT2D eigenvalue weighted by atomic mass is 19.4. The van der Waals surface area contributed by atoms with Crippen molar-refractivity contribution < 1.29 is 32.6 Å². The number of ether oxygens (including phenoxy) is 1. The number of aliphatic hydroxyl groups excluding tert-OH is 1. The van der Waals surface area contributed by atoms with Crippen LogP contribution in [0.2, 0.25) is 0 Å². The van der Waals surface area contributed by atoms with Gasteiger partial charge in [-0.05, 0) is 67.8 Å². The van der Waals surface area contributed by atoms with Gasteiger partial charge < -0.3 is 25.0 Å². The van der Waals surface area contributed by atoms with Crippen molar-refractivity contribution in [3.05, 3.63) is 95.3 Å². The molecule has 0 saturated carbocycles. The van der Waals surface area contributed by atoms with Gasteiger partial charge >= 0.3 is 6.18 Å². The van der Waals surface area contributed by atoms with Crippen molar-refractivity contribution in [3.63, 3.8) is 0 Å². The second-order valence-electron chi connectivity index (χ2n) is 12.6. The summed E-state index contributed by atoms with van der Waals surface area (Å²) in [4.78, 5) is 37.2. The van der Waals surface area contributed by atoms with E-state index >= 15 is 0 Å². The first-order valence-corrected chi connectivity index (χ1v) is 16.9. The molecule has 1 atom stereocenters. The average Bonchev–Trinajstić information content (AvgIpc) is 3.62. The number of morpholine rings is 1. The molecule has 1 unspecified atom stereocenters. The summed E-state index contributed by atoms with van der Waals surface area (Å²) in [6, 6.07) is 16.6. The number of anilines is 3. The molecule has 51 heavy (non-hydrogen) atoms. The number of nitrogens with one attached hydrogen (secondary N) is 2. The van der Waals surface area contributed by atoms with Crippen LogP contribution in [0, 0.1) is 0 Å². The van der Waals surface area contributed by atoms with E-state index < -0.39 is 23.9 Å². The average molecular weight is 707 g/mol. The fourth-order valence-electron chi connectivity index (χ4n) is 6.14. The monoisotopic (exact) mass is 706 g/mol. The minimum atomic E-state index is -4.53. The summed E-state index contributed by atoms with van der Waals surface area (Å²) < 4.78 is 46.4. The molecule has 0 bridgehead atoms. The van der Waals surface area contributed by atoms with Crippen molar-refractivity contribution in [3.8, 4) is 5.69 Å². The molecule has 15 heteroatoms. The van der Waals surface area contributed by atoms with Gasteiger partial charge in [0.15, 0.2) is 6.23 Å². The number of likely N-dealkylation sites (N-methyl/N-ethyl adjacent to an activating group) is 1. The van der Waals surface area contributed by atoms with Gasteiger partial charge in [0.2, 0.25) is 5.95 Å². The third-order valence-electron chi connectivity index (χ3n) is 9.07. The van der Waals surface area contributed by atoms with Gasteiger partial charge in [-0.1, -0.05) is 18.2 Å². The summed E-state index contributed by atoms with van der Waals surface area (Å²) in [5.74, 6) is -0.882. The smallest absolute Gasteiger partial charge is 0.379 e. The number of carbonyl (C=O) groups is 2. The number of halogens is 3. The third kappa shape index (κ3) is 9.03. The molecule has 2 fully saturated rings. The Morgan fingerprint density at radius 2 is 1.73 bits per heavy atom. The molecule has 12 nitrogen and oxygen atoms in total. The maximum Gasteiger partial charge on any atom is 0.416 e. The zero-order valence-corrected chi connectivity index (χ0v) is 28.3. The maximum atomic E-state index is 13.8. The fraction of sp³-hybridized carbons (Fsp3) is 0.389. The number of carbonyl (C=O) groups excluding carboxylic acids is 2. The Hall–Kier alpha value is -4.99. The highest BCUT2D eigenvalue weighted by Crippen LogP contribution is 2.31. The molecule has 2 aliphatic heterocycles. The molecule has 6 rings (SSSR count). The summed E-state index contributed by atoms with van der Waals surface area (Å²) >= 11 is 0. The number of rotatable bonds is 11. The Morgan fingerprint density at radius 1 is 0.961 bits per heavy atom. The van der Waals surface area contributed by atoms with E-state index in [1.165, 1.54) is 18.5 Å². The van der Waals surface area contributed by atoms with Crippen LogP contribution in [0.3, 0.4) is 0 Å². The van der Waals surface area contributed by atoms with Crippen molar-refractivity contribution in [1.82, 2.24) is 24.6 Å². The summed E-state index contributed by atoms with van der Waals surface area (Å²) in [6.45, 7) is 5.96. The molecule has 270 valence electrons. The predicted octanol–water partition coefficient (Wildman–Crippen LogP) is 5.04. The van der Waals surface area contributed by atoms with E-state index in [-0.39, 0.29) is 23.1 Å². The van der Waals surface area contributed by atoms with Gasteiger partial charge in [-0.15, -0.1) is 5.10 Å². The van der Waals surface area contributed by atoms with Gasteiger partial charge in [0, 0.05) is 68.8 Å². The lowest BCUT2D eigenvalue weighted by Crippen LogP contribution is -2.41. The molecule has 0 spiro atoms. The summed E-state index contributed by atoms with van der Waals surface area (Å²) in [5, 5.41) is 21.2. The Labute approximate surface area is 293 Å². The van der Waals surface area contributed by atoms with Crippen molar-refractivity contribution in [2.45, 2.75) is 31.7 Å². The molecule has 0 aliphatic carbocycles. The highest BCUT2D eigenvalue weighted by Gasteiger charge is 2.30. The lowest BCUT2D eigenvalue weighted by atomic mass is 10.1. The number of hydrogen-bond donors (Lipinski definition) is 3. The standard InChI is InChI=1S/C36H41F3N8O4/c1-44(15-16-45-17-19-51-20-18-45)34(50)26-8-5-7-25(21-26)32(48)41-31-12-11-28(46-13-3-2-4-14-46)23-30(31)33(49)42-35-40-24-47(43-35)29-10-6-9-27(22-29)36(37,38)39/h5-12,21-24,32,41,48H,2-4,13-20H2,1H3,(H,42,43,49). The number of nitrogens with zero attached hydrogens (tertiary/aromatic N) is 6. The number of hydrogen-bond acceptors (Lipinski definition) is 9. The molecular weight excluding hydrogens is 665 g/mol. The van der Waals surface area contributed by atoms with Crippen molar-refractivity contribution >= 4 is 29.1 Å². The normalized spacial score (nSPS) is 16.1. The van der Waals surface area contributed by atoms with E-state index in [2.05, 4.69) is 30.5 Å². The topological polar surface area (TPSA) is 128 Å². The lowest BCUT2D eigenvalue weighted by molar-refractivity contribution is -0.137. The highest BCUT2D eigenvalue weighted by molar-refractivity contribution is 6.08. The van der Waals surface area contributed by atoms with Crippen molar-refractivity contribution in [2.24, 2.45) is 0 Å². The van der Waals surface area contributed by atoms with Crippen LogP contribution < -0.4 is 15.5 Å². The minimum absolute atomic E-state index is 0.115. The quantitative estimate of drug-likeness (QED) is 0.184. The van der Waals surface area contributed by atoms with Gasteiger partial charge in [-0.3, -0.25) is 19.8 Å². The number of piperidine rings is 1. The molecule has 0 radical (unpaired) electrons. The second-order valence-corrected chi connectivity index (χ2v) is 12.6. The Kier molecular flexibility index (Phi) is 11.2. The van der Waals surface area contributed by atoms with Crippen LogP contribution in [0.4, 0.5) is 30.5 Å². The van der Waals surface area contributed by atoms with Crippen LogP contribution in [0.25, 0.3) is 5.69 Å². The first-order valence-electron chi connectivity index (χ1n) is 16.9. The van der Waals surface area contributed by atoms with Crippen LogP contribution in [0.15, 0.2) is 73.1 Å². The molecule has 4 aromatic rings. The van der Waals surface area contributed by atoms with Gasteiger partial charge in [0.05, 0.1) is 30.0 Å². The lowest BCUT2D eigenvalue weighted by Gasteiger charge is -2.29. The van der Waals surface area contributed by atoms with E-state index in [0.717, 1.165) is 74.5 Å². The van der Waals surface area contributed by atoms with Crippen LogP contribution in [-0.2, 0) is 10.9 Å². The number of benzene rings is 3. The molecule has 2 aliphatic rings. The van der Waals surface area contributed by atoms with E-state index in [9.17, 15) is 27.9 Å². The molecule has 2 amide bonds. The second kappa shape index (κ2) is 15.9. The fourth-order valence-corrected chi connectivity index (χ4v) is 6.14. The Balaban J connectivity index is 1.19. The Morgan fingerprint density at radius 3 is 2.49 bits per heavy atom. The summed E-state index contributed by atoms with van der Waals surface area (Å²) in [7, 11) is 1.75. The van der Waals surface area contributed by atoms with E-state index in [0.29, 0.717) is 36.6 Å². The molecular formula is C36H41F3N8O4. The first kappa shape index (κ1) is 35.8. The molecule has 3 heterocycles. The number of aliphatic hydroxyl groups is 1. The van der Waals surface area contributed by atoms with Crippen molar-refractivity contribution in [1.29, 1.82) is 0 Å². The van der Waals surface area contributed by atoms with Gasteiger partial charge in [-0.2, -0.15) is 18.2 Å². The minimum Gasteiger partial charge on any atom is -0.379 e. The zero-order chi connectivity index (χ0) is 36.0. The van der Waals surface area contributed by atoms with E-state index in [1.807, 2.05) is 6.07 Å². The van der Waals surface area contributed by atoms with Gasteiger partial charge in [0.25, 0.3) is 11.8 Å². The van der Waals surface area contributed by atoms with Crippen LogP contribution in [0.1, 0.15) is 57.3 Å². The van der Waals surface area contributed by atoms with Crippen LogP contribution in [-0.4, -0.2) is 101 Å². The molecule has 2 saturated heterocycles. The first-order chi connectivity index (χ1) is 24.5. The molecule has 3 N–H and O–H groups in total. The predicted molar refractivity (Wildman–Crippen MR) is 186 cm³/mol. The van der Waals surface area contributed by atoms with E-state index in [4.69, 9.17) is 4.74 Å². The van der Waals surface area contributed by atoms with Gasteiger partial charge in [0.1, 0.15) is 6.33 Å². The van der Waals surface area contributed by atoms with Crippen LogP contribution >= 0.6 is 0 Å². The zero-order valence-electron chi connectivity index (χ0n) is 28.3. The van der Waals surface area contributed by atoms with Crippen molar-refractivity contribution in [2.75, 3.05) is 75.1 Å². The SMILES string of the molecule is CN(CCN1CCOCC1)C(=O)c1cccc(C(O)Nc2ccc(N3CCCCC3)cc2C(=O)Nc2ncn(-c3cccc(C(F)(F)F)c3)n2)c1. The molecule has 1 aromatic heterocycles. The number of aromatic nitrogens is 3. The largest absolute Gasteiger partial charge is 0.416 e. The maximum absolute atomic E-state index is 13.8. The number of amides is 2. The third-order valence-corrected chi connectivity index (χ3v) is 9.07. The van der Waals surface area contributed by atoms with Gasteiger partial charge in [-0.25, -0.2) is 4.68 Å². The summed E-state index contributed by atoms with van der Waals surface area (Å²) in [6.07, 6.45) is -1.42. The number of alkyl halides is 3. The van der Waals surface area contributed by atoms with Crippen LogP contribution in [0.5, 0.6) is 0 Å². The summed E-state index contributed by atoms with van der Waals surface area (Å²) in [5.41, 5.74) is 1.47. The molecule has 3 aromatic carbocycles.